The van der Waals surface area contributed by atoms with Gasteiger partial charge < -0.3 is 14.8 Å². The summed E-state index contributed by atoms with van der Waals surface area (Å²) < 4.78 is 10.6. The fraction of sp³-hybridized carbons (Fsp3) is 0.438. The average molecular weight is 275 g/mol. The van der Waals surface area contributed by atoms with E-state index in [1.54, 1.807) is 18.2 Å². The van der Waals surface area contributed by atoms with E-state index in [4.69, 9.17) is 15.9 Å². The minimum absolute atomic E-state index is 0.103. The summed E-state index contributed by atoms with van der Waals surface area (Å²) in [5.41, 5.74) is 0.530. The normalized spacial score (nSPS) is 11.6. The van der Waals surface area contributed by atoms with Gasteiger partial charge >= 0.3 is 0 Å². The summed E-state index contributed by atoms with van der Waals surface area (Å²) in [4.78, 5) is 12.1. The summed E-state index contributed by atoms with van der Waals surface area (Å²) in [5.74, 6) is 3.65. The Kier molecular flexibility index (Phi) is 5.92. The Morgan fingerprint density at radius 1 is 1.35 bits per heavy atom. The Bertz CT molecular complexity index is 503. The zero-order valence-electron chi connectivity index (χ0n) is 12.4. The molecule has 20 heavy (non-hydrogen) atoms. The summed E-state index contributed by atoms with van der Waals surface area (Å²) in [7, 11) is 1.52. The Morgan fingerprint density at radius 2 is 2.05 bits per heavy atom. The van der Waals surface area contributed by atoms with Crippen LogP contribution in [0.1, 0.15) is 31.1 Å². The van der Waals surface area contributed by atoms with E-state index in [1.165, 1.54) is 7.11 Å². The molecule has 1 rings (SSSR count). The molecule has 0 bridgehead atoms. The second-order valence-corrected chi connectivity index (χ2v) is 4.86. The zero-order chi connectivity index (χ0) is 15.1. The second-order valence-electron chi connectivity index (χ2n) is 4.86. The third kappa shape index (κ3) is 4.20. The predicted molar refractivity (Wildman–Crippen MR) is 79.1 cm³/mol. The number of carbonyl (C=O) groups is 1. The molecule has 4 heteroatoms. The predicted octanol–water partition coefficient (Wildman–Crippen LogP) is 2.48. The highest BCUT2D eigenvalue weighted by atomic mass is 16.5. The molecule has 0 aliphatic rings. The molecule has 0 aliphatic heterocycles. The van der Waals surface area contributed by atoms with Crippen LogP contribution in [0.25, 0.3) is 0 Å². The van der Waals surface area contributed by atoms with Gasteiger partial charge in [0.05, 0.1) is 7.11 Å². The highest BCUT2D eigenvalue weighted by Crippen LogP contribution is 2.28. The summed E-state index contributed by atoms with van der Waals surface area (Å²) in [6.07, 6.45) is 5.15. The third-order valence-corrected chi connectivity index (χ3v) is 3.10. The number of carbonyl (C=O) groups excluding carboxylic acids is 1. The molecule has 0 radical (unpaired) electrons. The van der Waals surface area contributed by atoms with Crippen LogP contribution in [0.3, 0.4) is 0 Å². The van der Waals surface area contributed by atoms with E-state index in [-0.39, 0.29) is 18.6 Å². The lowest BCUT2D eigenvalue weighted by molar-refractivity contribution is 0.0930. The van der Waals surface area contributed by atoms with Gasteiger partial charge in [0.2, 0.25) is 0 Å². The van der Waals surface area contributed by atoms with E-state index in [1.807, 2.05) is 6.92 Å². The first-order valence-corrected chi connectivity index (χ1v) is 6.54. The fourth-order valence-electron chi connectivity index (χ4n) is 1.50. The first-order chi connectivity index (χ1) is 9.49. The van der Waals surface area contributed by atoms with E-state index in [9.17, 15) is 4.79 Å². The SMILES string of the molecule is C#CCOc1ccc(C(=O)N[C@H](C)C(C)C)cc1OC. The smallest absolute Gasteiger partial charge is 0.251 e. The van der Waals surface area contributed by atoms with Crippen LogP contribution in [-0.2, 0) is 0 Å². The van der Waals surface area contributed by atoms with Crippen molar-refractivity contribution in [3.8, 4) is 23.8 Å². The summed E-state index contributed by atoms with van der Waals surface area (Å²) in [6, 6.07) is 5.13. The number of hydrogen-bond acceptors (Lipinski definition) is 3. The van der Waals surface area contributed by atoms with Crippen molar-refractivity contribution >= 4 is 5.91 Å². The second kappa shape index (κ2) is 7.44. The lowest BCUT2D eigenvalue weighted by atomic mass is 10.1. The van der Waals surface area contributed by atoms with Crippen LogP contribution in [0.2, 0.25) is 0 Å². The minimum Gasteiger partial charge on any atom is -0.493 e. The number of methoxy groups -OCH3 is 1. The lowest BCUT2D eigenvalue weighted by Crippen LogP contribution is -2.36. The molecule has 0 heterocycles. The van der Waals surface area contributed by atoms with Gasteiger partial charge in [0, 0.05) is 11.6 Å². The third-order valence-electron chi connectivity index (χ3n) is 3.10. The molecule has 1 amide bonds. The molecule has 1 atom stereocenters. The van der Waals surface area contributed by atoms with Gasteiger partial charge in [0.15, 0.2) is 11.5 Å². The van der Waals surface area contributed by atoms with Gasteiger partial charge in [0.1, 0.15) is 6.61 Å². The van der Waals surface area contributed by atoms with Crippen molar-refractivity contribution in [2.45, 2.75) is 26.8 Å². The standard InChI is InChI=1S/C16H21NO3/c1-6-9-20-14-8-7-13(10-15(14)19-5)16(18)17-12(4)11(2)3/h1,7-8,10-12H,9H2,2-5H3,(H,17,18)/t12-/m1/s1. The van der Waals surface area contributed by atoms with Crippen molar-refractivity contribution < 1.29 is 14.3 Å². The number of rotatable bonds is 6. The van der Waals surface area contributed by atoms with Crippen LogP contribution < -0.4 is 14.8 Å². The van der Waals surface area contributed by atoms with Crippen LogP contribution in [0, 0.1) is 18.3 Å². The van der Waals surface area contributed by atoms with Gasteiger partial charge in [-0.3, -0.25) is 4.79 Å². The van der Waals surface area contributed by atoms with Crippen molar-refractivity contribution in [2.75, 3.05) is 13.7 Å². The van der Waals surface area contributed by atoms with Gasteiger partial charge in [-0.05, 0) is 31.0 Å². The Morgan fingerprint density at radius 3 is 2.60 bits per heavy atom. The van der Waals surface area contributed by atoms with Crippen molar-refractivity contribution in [3.63, 3.8) is 0 Å². The average Bonchev–Trinajstić information content (AvgIpc) is 2.44. The van der Waals surface area contributed by atoms with Crippen molar-refractivity contribution in [1.82, 2.24) is 5.32 Å². The molecule has 0 aromatic heterocycles. The van der Waals surface area contributed by atoms with E-state index >= 15 is 0 Å². The van der Waals surface area contributed by atoms with Crippen LogP contribution >= 0.6 is 0 Å². The van der Waals surface area contributed by atoms with E-state index in [0.717, 1.165) is 0 Å². The first kappa shape index (κ1) is 15.9. The molecule has 0 fully saturated rings. The molecule has 0 unspecified atom stereocenters. The highest BCUT2D eigenvalue weighted by Gasteiger charge is 2.14. The molecule has 0 saturated carbocycles. The number of amides is 1. The summed E-state index contributed by atoms with van der Waals surface area (Å²) >= 11 is 0. The van der Waals surface area contributed by atoms with E-state index in [2.05, 4.69) is 25.1 Å². The van der Waals surface area contributed by atoms with Crippen molar-refractivity contribution in [3.05, 3.63) is 23.8 Å². The lowest BCUT2D eigenvalue weighted by Gasteiger charge is -2.18. The Hall–Kier alpha value is -2.15. The molecule has 1 aromatic rings. The van der Waals surface area contributed by atoms with Gasteiger partial charge in [-0.25, -0.2) is 0 Å². The fourth-order valence-corrected chi connectivity index (χ4v) is 1.50. The van der Waals surface area contributed by atoms with Gasteiger partial charge in [-0.15, -0.1) is 6.42 Å². The largest absolute Gasteiger partial charge is 0.493 e. The Labute approximate surface area is 120 Å². The maximum absolute atomic E-state index is 12.1. The molecule has 4 nitrogen and oxygen atoms in total. The molecule has 108 valence electrons. The van der Waals surface area contributed by atoms with Crippen LogP contribution in [-0.4, -0.2) is 25.7 Å². The molecule has 0 spiro atoms. The molecular weight excluding hydrogens is 254 g/mol. The topological polar surface area (TPSA) is 47.6 Å². The maximum atomic E-state index is 12.1. The van der Waals surface area contributed by atoms with Crippen molar-refractivity contribution in [2.24, 2.45) is 5.92 Å². The highest BCUT2D eigenvalue weighted by molar-refractivity contribution is 5.95. The minimum atomic E-state index is -0.131. The number of terminal acetylenes is 1. The number of hydrogen-bond donors (Lipinski definition) is 1. The number of nitrogens with one attached hydrogen (secondary N) is 1. The zero-order valence-corrected chi connectivity index (χ0v) is 12.4. The van der Waals surface area contributed by atoms with Gasteiger partial charge in [-0.2, -0.15) is 0 Å². The first-order valence-electron chi connectivity index (χ1n) is 6.54. The molecular formula is C16H21NO3. The number of benzene rings is 1. The molecule has 0 aliphatic carbocycles. The maximum Gasteiger partial charge on any atom is 0.251 e. The quantitative estimate of drug-likeness (QED) is 0.811. The summed E-state index contributed by atoms with van der Waals surface area (Å²) in [6.45, 7) is 6.25. The van der Waals surface area contributed by atoms with E-state index < -0.39 is 0 Å². The molecule has 1 N–H and O–H groups in total. The van der Waals surface area contributed by atoms with Crippen molar-refractivity contribution in [1.29, 1.82) is 0 Å². The molecule has 1 aromatic carbocycles. The monoisotopic (exact) mass is 275 g/mol. The van der Waals surface area contributed by atoms with Gasteiger partial charge in [-0.1, -0.05) is 19.8 Å². The van der Waals surface area contributed by atoms with Crippen LogP contribution in [0.5, 0.6) is 11.5 Å². The number of ether oxygens (including phenoxy) is 2. The molecule has 0 saturated heterocycles. The van der Waals surface area contributed by atoms with Gasteiger partial charge in [0.25, 0.3) is 5.91 Å². The van der Waals surface area contributed by atoms with E-state index in [0.29, 0.717) is 23.0 Å². The van der Waals surface area contributed by atoms with Crippen LogP contribution in [0.4, 0.5) is 0 Å². The summed E-state index contributed by atoms with van der Waals surface area (Å²) in [5, 5.41) is 2.94. The Balaban J connectivity index is 2.87. The van der Waals surface area contributed by atoms with Crippen LogP contribution in [0.15, 0.2) is 18.2 Å².